The van der Waals surface area contributed by atoms with Gasteiger partial charge in [-0.3, -0.25) is 0 Å². The Labute approximate surface area is 169 Å². The number of nitrogens with zero attached hydrogens (tertiary/aromatic N) is 3. The normalized spacial score (nSPS) is 10.2. The van der Waals surface area contributed by atoms with Crippen LogP contribution in [0.4, 0.5) is 0 Å². The Kier molecular flexibility index (Phi) is 34.9. The molecule has 0 aromatic rings. The summed E-state index contributed by atoms with van der Waals surface area (Å²) in [5.74, 6) is 0. The zero-order chi connectivity index (χ0) is 17.6. The molecule has 3 nitrogen and oxygen atoms in total. The second-order valence-corrected chi connectivity index (χ2v) is 7.01. The van der Waals surface area contributed by atoms with Crippen molar-refractivity contribution in [2.75, 3.05) is 0 Å². The van der Waals surface area contributed by atoms with Crippen LogP contribution in [-0.2, 0) is 21.7 Å². The number of rotatable bonds is 6. The second-order valence-electron chi connectivity index (χ2n) is 7.01. The average Bonchev–Trinajstić information content (AvgIpc) is 2.10. The molecule has 0 saturated heterocycles. The molecular weight excluding hydrogens is 342 g/mol. The molecule has 0 rings (SSSR count). The Morgan fingerprint density at radius 2 is 0.435 bits per heavy atom. The molecule has 0 bridgehead atoms. The fourth-order valence-electron chi connectivity index (χ4n) is 1.79. The van der Waals surface area contributed by atoms with E-state index in [-0.39, 0.29) is 34.1 Å². The fraction of sp³-hybridized carbons (Fsp3) is 1.00. The quantitative estimate of drug-likeness (QED) is 0.630. The molecule has 0 N–H and O–H groups in total. The van der Waals surface area contributed by atoms with Crippen LogP contribution in [-0.4, -0.2) is 36.3 Å². The van der Waals surface area contributed by atoms with E-state index in [4.69, 9.17) is 0 Å². The second kappa shape index (κ2) is 22.9. The first-order chi connectivity index (χ1) is 9.38. The van der Waals surface area contributed by atoms with E-state index in [0.29, 0.717) is 36.3 Å². The van der Waals surface area contributed by atoms with Gasteiger partial charge in [0.1, 0.15) is 0 Å². The van der Waals surface area contributed by atoms with Gasteiger partial charge in [-0.05, 0) is 0 Å². The van der Waals surface area contributed by atoms with Gasteiger partial charge in [-0.15, -0.1) is 36.3 Å². The molecule has 0 aliphatic heterocycles. The van der Waals surface area contributed by atoms with Gasteiger partial charge in [0, 0.05) is 0 Å². The summed E-state index contributed by atoms with van der Waals surface area (Å²) in [6.45, 7) is 25.2. The van der Waals surface area contributed by atoms with E-state index in [1.807, 2.05) is 0 Å². The maximum Gasteiger partial charge on any atom is 3.00 e. The number of hydrogen-bond acceptors (Lipinski definition) is 0. The Bertz CT molecular complexity index is 145. The summed E-state index contributed by atoms with van der Waals surface area (Å²) >= 11 is 0. The molecule has 0 aromatic carbocycles. The summed E-state index contributed by atoms with van der Waals surface area (Å²) in [5, 5.41) is 12.8. The van der Waals surface area contributed by atoms with E-state index in [1.54, 1.807) is 0 Å². The van der Waals surface area contributed by atoms with Crippen LogP contribution in [0.25, 0.3) is 16.0 Å². The zero-order valence-electron chi connectivity index (χ0n) is 17.7. The minimum atomic E-state index is 0. The van der Waals surface area contributed by atoms with E-state index in [1.165, 1.54) is 0 Å². The number of halogens is 1. The monoisotopic (exact) mass is 383 g/mol. The van der Waals surface area contributed by atoms with Crippen LogP contribution in [0.2, 0.25) is 0 Å². The summed E-state index contributed by atoms with van der Waals surface area (Å²) in [4.78, 5) is 0. The first-order valence-corrected chi connectivity index (χ1v) is 8.48. The van der Waals surface area contributed by atoms with Crippen molar-refractivity contribution < 1.29 is 34.1 Å². The molecule has 5 heteroatoms. The predicted molar refractivity (Wildman–Crippen MR) is 101 cm³/mol. The third-order valence-electron chi connectivity index (χ3n) is 1.79. The minimum Gasteiger partial charge on any atom is -1.00 e. The van der Waals surface area contributed by atoms with Crippen molar-refractivity contribution in [2.45, 2.75) is 119 Å². The standard InChI is InChI=1S/3C6H14N.ClH.Ti/c3*1-5(2)7-6(3)4;;/h3*5-6H,1-4H3;1H;/q3*-1;;+3/p-1. The molecular formula is C18H42ClN3Ti-. The molecule has 0 spiro atoms. The van der Waals surface area contributed by atoms with Crippen molar-refractivity contribution in [3.8, 4) is 0 Å². The summed E-state index contributed by atoms with van der Waals surface area (Å²) in [6.07, 6.45) is 0. The van der Waals surface area contributed by atoms with Crippen molar-refractivity contribution in [2.24, 2.45) is 0 Å². The Morgan fingerprint density at radius 3 is 0.435 bits per heavy atom. The maximum absolute atomic E-state index is 4.28. The van der Waals surface area contributed by atoms with Crippen molar-refractivity contribution in [1.82, 2.24) is 0 Å². The van der Waals surface area contributed by atoms with Gasteiger partial charge >= 0.3 is 21.7 Å². The third-order valence-corrected chi connectivity index (χ3v) is 1.79. The molecule has 0 aliphatic carbocycles. The van der Waals surface area contributed by atoms with Gasteiger partial charge in [0.15, 0.2) is 0 Å². The van der Waals surface area contributed by atoms with E-state index >= 15 is 0 Å². The van der Waals surface area contributed by atoms with Crippen LogP contribution in [0.3, 0.4) is 0 Å². The minimum absolute atomic E-state index is 0. The van der Waals surface area contributed by atoms with Crippen molar-refractivity contribution in [3.05, 3.63) is 16.0 Å². The molecule has 23 heavy (non-hydrogen) atoms. The SMILES string of the molecule is CC(C)[N-]C(C)C.CC(C)[N-]C(C)C.CC(C)[N-]C(C)C.[Cl-].[Ti+3]. The van der Waals surface area contributed by atoms with Gasteiger partial charge in [-0.25, -0.2) is 0 Å². The summed E-state index contributed by atoms with van der Waals surface area (Å²) in [5.41, 5.74) is 0. The van der Waals surface area contributed by atoms with Gasteiger partial charge in [0.05, 0.1) is 0 Å². The van der Waals surface area contributed by atoms with Crippen molar-refractivity contribution >= 4 is 0 Å². The summed E-state index contributed by atoms with van der Waals surface area (Å²) in [7, 11) is 0. The Hall–Kier alpha value is 0.884. The molecule has 0 fully saturated rings. The smallest absolute Gasteiger partial charge is 1.00 e. The summed E-state index contributed by atoms with van der Waals surface area (Å²) in [6, 6.07) is 3.00. The molecule has 0 unspecified atom stereocenters. The Balaban J connectivity index is -0.0000000675. The topological polar surface area (TPSA) is 42.3 Å². The molecule has 0 aromatic heterocycles. The van der Waals surface area contributed by atoms with Crippen LogP contribution in [0.5, 0.6) is 0 Å². The molecule has 1 radical (unpaired) electrons. The van der Waals surface area contributed by atoms with Gasteiger partial charge in [-0.2, -0.15) is 0 Å². The van der Waals surface area contributed by atoms with Crippen molar-refractivity contribution in [1.29, 1.82) is 0 Å². The Morgan fingerprint density at radius 1 is 0.348 bits per heavy atom. The first-order valence-electron chi connectivity index (χ1n) is 8.48. The molecule has 0 aliphatic rings. The zero-order valence-corrected chi connectivity index (χ0v) is 20.0. The van der Waals surface area contributed by atoms with E-state index in [2.05, 4.69) is 99.0 Å². The van der Waals surface area contributed by atoms with Crippen LogP contribution in [0.1, 0.15) is 83.1 Å². The molecule has 0 amide bonds. The fourth-order valence-corrected chi connectivity index (χ4v) is 1.79. The largest absolute Gasteiger partial charge is 3.00 e. The van der Waals surface area contributed by atoms with Gasteiger partial charge < -0.3 is 28.4 Å². The number of hydrogen-bond donors (Lipinski definition) is 0. The van der Waals surface area contributed by atoms with E-state index in [9.17, 15) is 0 Å². The van der Waals surface area contributed by atoms with Crippen LogP contribution >= 0.6 is 0 Å². The first kappa shape index (κ1) is 35.1. The third kappa shape index (κ3) is 60.1. The average molecular weight is 384 g/mol. The van der Waals surface area contributed by atoms with Gasteiger partial charge in [0.2, 0.25) is 0 Å². The van der Waals surface area contributed by atoms with E-state index in [0.717, 1.165) is 0 Å². The van der Waals surface area contributed by atoms with Crippen LogP contribution < -0.4 is 12.4 Å². The molecule has 0 atom stereocenters. The predicted octanol–water partition coefficient (Wildman–Crippen LogP) is 3.53. The molecule has 0 heterocycles. The summed E-state index contributed by atoms with van der Waals surface area (Å²) < 4.78 is 0. The van der Waals surface area contributed by atoms with E-state index < -0.39 is 0 Å². The van der Waals surface area contributed by atoms with Crippen LogP contribution in [0, 0.1) is 0 Å². The molecule has 141 valence electrons. The van der Waals surface area contributed by atoms with Gasteiger partial charge in [0.25, 0.3) is 0 Å². The van der Waals surface area contributed by atoms with Crippen LogP contribution in [0.15, 0.2) is 0 Å². The van der Waals surface area contributed by atoms with Crippen molar-refractivity contribution in [3.63, 3.8) is 0 Å². The maximum atomic E-state index is 4.28. The van der Waals surface area contributed by atoms with Gasteiger partial charge in [-0.1, -0.05) is 83.1 Å². The molecule has 0 saturated carbocycles.